The van der Waals surface area contributed by atoms with Crippen LogP contribution >= 0.6 is 0 Å². The lowest BCUT2D eigenvalue weighted by atomic mass is 10.0. The van der Waals surface area contributed by atoms with E-state index in [4.69, 9.17) is 9.47 Å². The van der Waals surface area contributed by atoms with E-state index in [0.29, 0.717) is 25.5 Å². The van der Waals surface area contributed by atoms with Crippen LogP contribution in [0.4, 0.5) is 14.5 Å². The van der Waals surface area contributed by atoms with Crippen LogP contribution in [0.1, 0.15) is 47.8 Å². The Hall–Kier alpha value is -2.60. The molecule has 3 heterocycles. The Balaban J connectivity index is 1.69. The predicted molar refractivity (Wildman–Crippen MR) is 110 cm³/mol. The number of carbonyl (C=O) groups excluding carboxylic acids is 1. The largest absolute Gasteiger partial charge is 0.430 e. The summed E-state index contributed by atoms with van der Waals surface area (Å²) >= 11 is 0. The molecule has 0 atom stereocenters. The zero-order valence-corrected chi connectivity index (χ0v) is 18.3. The summed E-state index contributed by atoms with van der Waals surface area (Å²) in [6.07, 6.45) is 5.37. The third-order valence-electron chi connectivity index (χ3n) is 5.46. The molecule has 4 rings (SSSR count). The maximum Gasteiger partial charge on any atom is 0.387 e. The fourth-order valence-corrected chi connectivity index (χ4v) is 4.29. The highest BCUT2D eigenvalue weighted by atomic mass is 32.2. The molecule has 2 aromatic rings. The van der Waals surface area contributed by atoms with Gasteiger partial charge in [0, 0.05) is 43.8 Å². The van der Waals surface area contributed by atoms with Crippen molar-refractivity contribution in [2.45, 2.75) is 49.8 Å². The molecule has 9 nitrogen and oxygen atoms in total. The molecule has 0 aromatic carbocycles. The predicted octanol–water partition coefficient (Wildman–Crippen LogP) is 2.84. The molecule has 0 spiro atoms. The minimum Gasteiger partial charge on any atom is -0.430 e. The lowest BCUT2D eigenvalue weighted by molar-refractivity contribution is -0.0508. The smallest absolute Gasteiger partial charge is 0.387 e. The second-order valence-electron chi connectivity index (χ2n) is 8.06. The molecule has 32 heavy (non-hydrogen) atoms. The van der Waals surface area contributed by atoms with Gasteiger partial charge >= 0.3 is 6.61 Å². The number of nitrogens with zero attached hydrogens (tertiary/aromatic N) is 3. The van der Waals surface area contributed by atoms with Crippen molar-refractivity contribution in [3.63, 3.8) is 0 Å². The third kappa shape index (κ3) is 5.23. The molecule has 0 radical (unpaired) electrons. The average molecular weight is 470 g/mol. The molecule has 2 aliphatic rings. The summed E-state index contributed by atoms with van der Waals surface area (Å²) in [6.45, 7) is -1.57. The number of hydrogen-bond donors (Lipinski definition) is 1. The van der Waals surface area contributed by atoms with Gasteiger partial charge in [-0.1, -0.05) is 0 Å². The summed E-state index contributed by atoms with van der Waals surface area (Å²) < 4.78 is 61.6. The Morgan fingerprint density at radius 3 is 2.66 bits per heavy atom. The molecule has 1 saturated carbocycles. The molecule has 174 valence electrons. The topological polar surface area (TPSA) is 112 Å². The first-order valence-electron chi connectivity index (χ1n) is 10.3. The number of ether oxygens (including phenoxy) is 2. The zero-order valence-electron chi connectivity index (χ0n) is 17.5. The summed E-state index contributed by atoms with van der Waals surface area (Å²) in [6, 6.07) is 2.63. The summed E-state index contributed by atoms with van der Waals surface area (Å²) in [4.78, 5) is 17.0. The number of sulfone groups is 1. The Kier molecular flexibility index (Phi) is 6.42. The monoisotopic (exact) mass is 470 g/mol. The van der Waals surface area contributed by atoms with Crippen molar-refractivity contribution in [3.05, 3.63) is 29.7 Å². The SMILES string of the molecule is CS(=O)(=O)c1cc(NC(=O)c2c(OC(F)F)c(C3CC3)nn2CC2CCOCC2)ccn1. The van der Waals surface area contributed by atoms with Crippen LogP contribution in [-0.2, 0) is 21.1 Å². The highest BCUT2D eigenvalue weighted by Gasteiger charge is 2.36. The Morgan fingerprint density at radius 2 is 2.03 bits per heavy atom. The highest BCUT2D eigenvalue weighted by Crippen LogP contribution is 2.45. The Labute approximate surface area is 184 Å². The van der Waals surface area contributed by atoms with Gasteiger partial charge in [0.1, 0.15) is 5.69 Å². The van der Waals surface area contributed by atoms with Gasteiger partial charge in [0.2, 0.25) is 0 Å². The summed E-state index contributed by atoms with van der Waals surface area (Å²) in [5.41, 5.74) is 0.422. The molecule has 12 heteroatoms. The van der Waals surface area contributed by atoms with Gasteiger partial charge in [-0.05, 0) is 43.7 Å². The zero-order chi connectivity index (χ0) is 22.9. The molecular formula is C20H24F2N4O5S. The molecular weight excluding hydrogens is 446 g/mol. The molecule has 2 aromatic heterocycles. The van der Waals surface area contributed by atoms with Crippen LogP contribution in [0.3, 0.4) is 0 Å². The molecule has 0 bridgehead atoms. The Bertz CT molecular complexity index is 1100. The Morgan fingerprint density at radius 1 is 1.31 bits per heavy atom. The fourth-order valence-electron chi connectivity index (χ4n) is 3.70. The van der Waals surface area contributed by atoms with E-state index in [-0.39, 0.29) is 34.0 Å². The lowest BCUT2D eigenvalue weighted by Gasteiger charge is -2.22. The van der Waals surface area contributed by atoms with E-state index in [0.717, 1.165) is 31.9 Å². The van der Waals surface area contributed by atoms with Crippen LogP contribution in [-0.4, -0.2) is 55.2 Å². The van der Waals surface area contributed by atoms with Crippen molar-refractivity contribution in [1.82, 2.24) is 14.8 Å². The first-order chi connectivity index (χ1) is 15.2. The molecule has 0 unspecified atom stereocenters. The highest BCUT2D eigenvalue weighted by molar-refractivity contribution is 7.90. The number of anilines is 1. The molecule has 1 N–H and O–H groups in total. The maximum atomic E-state index is 13.2. The normalized spacial score (nSPS) is 17.5. The third-order valence-corrected chi connectivity index (χ3v) is 6.45. The first kappa shape index (κ1) is 22.6. The van der Waals surface area contributed by atoms with Gasteiger partial charge in [-0.25, -0.2) is 13.4 Å². The van der Waals surface area contributed by atoms with Gasteiger partial charge in [-0.15, -0.1) is 0 Å². The molecule has 1 aliphatic heterocycles. The number of halogens is 2. The van der Waals surface area contributed by atoms with E-state index in [1.807, 2.05) is 0 Å². The number of nitrogens with one attached hydrogen (secondary N) is 1. The van der Waals surface area contributed by atoms with E-state index in [1.165, 1.54) is 23.0 Å². The van der Waals surface area contributed by atoms with E-state index >= 15 is 0 Å². The van der Waals surface area contributed by atoms with Gasteiger partial charge < -0.3 is 14.8 Å². The van der Waals surface area contributed by atoms with Crippen LogP contribution in [0.5, 0.6) is 5.75 Å². The van der Waals surface area contributed by atoms with Gasteiger partial charge in [0.05, 0.1) is 0 Å². The van der Waals surface area contributed by atoms with E-state index in [2.05, 4.69) is 15.4 Å². The van der Waals surface area contributed by atoms with E-state index in [1.54, 1.807) is 0 Å². The van der Waals surface area contributed by atoms with Crippen molar-refractivity contribution in [2.75, 3.05) is 24.8 Å². The van der Waals surface area contributed by atoms with Crippen molar-refractivity contribution in [3.8, 4) is 5.75 Å². The number of rotatable bonds is 8. The number of aromatic nitrogens is 3. The van der Waals surface area contributed by atoms with E-state index < -0.39 is 22.4 Å². The lowest BCUT2D eigenvalue weighted by Crippen LogP contribution is -2.25. The van der Waals surface area contributed by atoms with E-state index in [9.17, 15) is 22.0 Å². The summed E-state index contributed by atoms with van der Waals surface area (Å²) in [7, 11) is -3.59. The van der Waals surface area contributed by atoms with Crippen LogP contribution in [0, 0.1) is 5.92 Å². The van der Waals surface area contributed by atoms with Crippen molar-refractivity contribution in [2.24, 2.45) is 5.92 Å². The maximum absolute atomic E-state index is 13.2. The van der Waals surface area contributed by atoms with Gasteiger partial charge in [0.25, 0.3) is 5.91 Å². The number of amides is 1. The standard InChI is InChI=1S/C20H24F2N4O5S/c1-32(28,29)15-10-14(4-7-23-15)24-19(27)17-18(31-20(21)22)16(13-2-3-13)25-26(17)11-12-5-8-30-9-6-12/h4,7,10,12-13,20H,2-3,5-6,8-9,11H2,1H3,(H,23,24,27). The average Bonchev–Trinajstić information content (AvgIpc) is 3.51. The van der Waals surface area contributed by atoms with Crippen LogP contribution < -0.4 is 10.1 Å². The number of alkyl halides is 2. The van der Waals surface area contributed by atoms with Gasteiger partial charge in [-0.2, -0.15) is 13.9 Å². The van der Waals surface area contributed by atoms with Crippen molar-refractivity contribution in [1.29, 1.82) is 0 Å². The number of hydrogen-bond acceptors (Lipinski definition) is 7. The number of carbonyl (C=O) groups is 1. The second kappa shape index (κ2) is 9.10. The molecule has 1 saturated heterocycles. The molecule has 1 aliphatic carbocycles. The number of pyridine rings is 1. The second-order valence-corrected chi connectivity index (χ2v) is 10.0. The first-order valence-corrected chi connectivity index (χ1v) is 12.2. The molecule has 2 fully saturated rings. The molecule has 1 amide bonds. The summed E-state index contributed by atoms with van der Waals surface area (Å²) in [5, 5.41) is 6.85. The van der Waals surface area contributed by atoms with Crippen molar-refractivity contribution < 1.29 is 31.5 Å². The van der Waals surface area contributed by atoms with Crippen LogP contribution in [0.2, 0.25) is 0 Å². The quantitative estimate of drug-likeness (QED) is 0.631. The summed E-state index contributed by atoms with van der Waals surface area (Å²) in [5.74, 6) is -0.773. The minimum absolute atomic E-state index is 0.0241. The van der Waals surface area contributed by atoms with Gasteiger partial charge in [0.15, 0.2) is 26.3 Å². The fraction of sp³-hybridized carbons (Fsp3) is 0.550. The minimum atomic E-state index is -3.59. The van der Waals surface area contributed by atoms with Crippen LogP contribution in [0.25, 0.3) is 0 Å². The van der Waals surface area contributed by atoms with Gasteiger partial charge in [-0.3, -0.25) is 9.48 Å². The van der Waals surface area contributed by atoms with Crippen molar-refractivity contribution >= 4 is 21.4 Å². The van der Waals surface area contributed by atoms with Crippen LogP contribution in [0.15, 0.2) is 23.4 Å².